The Balaban J connectivity index is 1.72. The van der Waals surface area contributed by atoms with Gasteiger partial charge in [-0.3, -0.25) is 19.5 Å². The van der Waals surface area contributed by atoms with E-state index in [4.69, 9.17) is 4.74 Å². The van der Waals surface area contributed by atoms with Crippen molar-refractivity contribution in [2.45, 2.75) is 51.0 Å². The van der Waals surface area contributed by atoms with Crippen LogP contribution in [-0.2, 0) is 25.7 Å². The molecule has 2 N–H and O–H groups in total. The Bertz CT molecular complexity index is 1460. The van der Waals surface area contributed by atoms with Gasteiger partial charge in [0.05, 0.1) is 36.4 Å². The molecule has 1 aliphatic heterocycles. The lowest BCUT2D eigenvalue weighted by molar-refractivity contribution is -0.193. The maximum absolute atomic E-state index is 14.2. The lowest BCUT2D eigenvalue weighted by Gasteiger charge is -2.25. The molecule has 0 spiro atoms. The monoisotopic (exact) mass is 609 g/mol. The lowest BCUT2D eigenvalue weighted by Crippen LogP contribution is -2.41. The number of nitrogens with zero attached hydrogens (tertiary/aromatic N) is 2. The summed E-state index contributed by atoms with van der Waals surface area (Å²) in [4.78, 5) is 44.2. The molecule has 44 heavy (non-hydrogen) atoms. The van der Waals surface area contributed by atoms with Crippen molar-refractivity contribution in [2.24, 2.45) is 10.9 Å². The van der Waals surface area contributed by atoms with Gasteiger partial charge in [-0.05, 0) is 37.9 Å². The number of aliphatic carboxylic acids is 1. The van der Waals surface area contributed by atoms with E-state index in [1.807, 2.05) is 30.3 Å². The van der Waals surface area contributed by atoms with Crippen molar-refractivity contribution in [1.82, 2.24) is 4.90 Å². The SMILES string of the molecule is CCOC(=O)CC(C(N=C(c1ccccc1)c1ccccc1NC(=O)C1CCCN1Cc1ccccc1)C(=O)O)C(F)(F)F. The number of carboxylic acid groups (broad SMARTS) is 1. The molecule has 8 nitrogen and oxygen atoms in total. The number of likely N-dealkylation sites (tertiary alicyclic amines) is 1. The second-order valence-corrected chi connectivity index (χ2v) is 10.4. The van der Waals surface area contributed by atoms with Gasteiger partial charge in [0, 0.05) is 17.7 Å². The summed E-state index contributed by atoms with van der Waals surface area (Å²) < 4.78 is 47.3. The average molecular weight is 610 g/mol. The van der Waals surface area contributed by atoms with E-state index < -0.39 is 42.5 Å². The summed E-state index contributed by atoms with van der Waals surface area (Å²) in [6.07, 6.45) is -4.83. The van der Waals surface area contributed by atoms with Crippen molar-refractivity contribution in [1.29, 1.82) is 0 Å². The molecule has 1 fully saturated rings. The zero-order valence-electron chi connectivity index (χ0n) is 24.2. The number of benzene rings is 3. The topological polar surface area (TPSA) is 108 Å². The highest BCUT2D eigenvalue weighted by Crippen LogP contribution is 2.35. The molecule has 1 amide bonds. The van der Waals surface area contributed by atoms with Crippen LogP contribution in [0.3, 0.4) is 0 Å². The fraction of sp³-hybridized carbons (Fsp3) is 0.333. The van der Waals surface area contributed by atoms with Crippen LogP contribution in [0.15, 0.2) is 89.9 Å². The summed E-state index contributed by atoms with van der Waals surface area (Å²) in [7, 11) is 0. The third kappa shape index (κ3) is 8.31. The highest BCUT2D eigenvalue weighted by molar-refractivity contribution is 6.17. The normalized spacial score (nSPS) is 17.1. The molecule has 0 aliphatic carbocycles. The number of nitrogens with one attached hydrogen (secondary N) is 1. The second kappa shape index (κ2) is 14.8. The van der Waals surface area contributed by atoms with E-state index >= 15 is 0 Å². The number of aliphatic imine (C=N–C) groups is 1. The number of anilines is 1. The Morgan fingerprint density at radius 3 is 2.27 bits per heavy atom. The third-order valence-corrected chi connectivity index (χ3v) is 7.40. The highest BCUT2D eigenvalue weighted by atomic mass is 19.4. The molecule has 3 aromatic carbocycles. The zero-order chi connectivity index (χ0) is 31.7. The summed E-state index contributed by atoms with van der Waals surface area (Å²) in [5.41, 5.74) is 1.84. The van der Waals surface area contributed by atoms with Crippen LogP contribution in [0.5, 0.6) is 0 Å². The Labute approximate surface area is 253 Å². The largest absolute Gasteiger partial charge is 0.480 e. The van der Waals surface area contributed by atoms with Crippen LogP contribution >= 0.6 is 0 Å². The van der Waals surface area contributed by atoms with E-state index in [0.717, 1.165) is 18.5 Å². The fourth-order valence-electron chi connectivity index (χ4n) is 5.30. The lowest BCUT2D eigenvalue weighted by atomic mass is 9.94. The van der Waals surface area contributed by atoms with Crippen LogP contribution in [0.1, 0.15) is 42.9 Å². The minimum atomic E-state index is -5.07. The minimum Gasteiger partial charge on any atom is -0.480 e. The van der Waals surface area contributed by atoms with Gasteiger partial charge >= 0.3 is 18.1 Å². The molecule has 4 rings (SSSR count). The molecule has 0 bridgehead atoms. The van der Waals surface area contributed by atoms with Crippen LogP contribution in [0.4, 0.5) is 18.9 Å². The number of carbonyl (C=O) groups is 3. The number of para-hydroxylation sites is 1. The number of halogens is 3. The molecule has 232 valence electrons. The van der Waals surface area contributed by atoms with Crippen molar-refractivity contribution in [3.05, 3.63) is 102 Å². The van der Waals surface area contributed by atoms with Crippen molar-refractivity contribution >= 4 is 29.2 Å². The summed E-state index contributed by atoms with van der Waals surface area (Å²) in [6.45, 7) is 2.59. The smallest absolute Gasteiger partial charge is 0.395 e. The van der Waals surface area contributed by atoms with Crippen molar-refractivity contribution < 1.29 is 37.4 Å². The number of carbonyl (C=O) groups excluding carboxylic acids is 2. The fourth-order valence-corrected chi connectivity index (χ4v) is 5.30. The second-order valence-electron chi connectivity index (χ2n) is 10.4. The standard InChI is InChI=1S/C33H34F3N3O5/c1-2-44-28(40)20-25(33(34,35)36)30(32(42)43)38-29(23-14-7-4-8-15-23)24-16-9-10-17-26(24)37-31(41)27-18-11-19-39(27)21-22-12-5-3-6-13-22/h3-10,12-17,25,27,30H,2,11,18-21H2,1H3,(H,37,41)(H,42,43). The molecular formula is C33H34F3N3O5. The maximum atomic E-state index is 14.2. The van der Waals surface area contributed by atoms with Crippen LogP contribution < -0.4 is 5.32 Å². The van der Waals surface area contributed by atoms with E-state index in [0.29, 0.717) is 18.5 Å². The van der Waals surface area contributed by atoms with Crippen LogP contribution in [0.2, 0.25) is 0 Å². The molecule has 1 saturated heterocycles. The highest BCUT2D eigenvalue weighted by Gasteiger charge is 2.49. The summed E-state index contributed by atoms with van der Waals surface area (Å²) in [5, 5.41) is 12.9. The van der Waals surface area contributed by atoms with E-state index in [1.165, 1.54) is 6.92 Å². The first-order valence-corrected chi connectivity index (χ1v) is 14.3. The van der Waals surface area contributed by atoms with E-state index in [2.05, 4.69) is 15.2 Å². The van der Waals surface area contributed by atoms with Crippen molar-refractivity contribution in [3.8, 4) is 0 Å². The van der Waals surface area contributed by atoms with Gasteiger partial charge in [-0.1, -0.05) is 78.9 Å². The van der Waals surface area contributed by atoms with Gasteiger partial charge < -0.3 is 15.2 Å². The predicted molar refractivity (Wildman–Crippen MR) is 159 cm³/mol. The quantitative estimate of drug-likeness (QED) is 0.201. The molecule has 1 aliphatic rings. The van der Waals surface area contributed by atoms with Gasteiger partial charge in [0.25, 0.3) is 0 Å². The van der Waals surface area contributed by atoms with E-state index in [1.54, 1.807) is 54.6 Å². The predicted octanol–water partition coefficient (Wildman–Crippen LogP) is 5.71. The Hall–Kier alpha value is -4.51. The summed E-state index contributed by atoms with van der Waals surface area (Å²) in [6, 6.07) is 21.5. The number of hydrogen-bond acceptors (Lipinski definition) is 6. The first-order valence-electron chi connectivity index (χ1n) is 14.3. The van der Waals surface area contributed by atoms with Crippen molar-refractivity contribution in [3.63, 3.8) is 0 Å². The number of amides is 1. The number of ether oxygens (including phenoxy) is 1. The first-order chi connectivity index (χ1) is 21.1. The number of rotatable bonds is 12. The van der Waals surface area contributed by atoms with Crippen LogP contribution in [-0.4, -0.2) is 65.0 Å². The van der Waals surface area contributed by atoms with E-state index in [-0.39, 0.29) is 29.5 Å². The maximum Gasteiger partial charge on any atom is 0.395 e. The Morgan fingerprint density at radius 2 is 1.64 bits per heavy atom. The summed E-state index contributed by atoms with van der Waals surface area (Å²) in [5.74, 6) is -5.97. The molecule has 11 heteroatoms. The summed E-state index contributed by atoms with van der Waals surface area (Å²) >= 11 is 0. The number of alkyl halides is 3. The molecule has 3 atom stereocenters. The number of carboxylic acids is 1. The molecule has 0 aromatic heterocycles. The van der Waals surface area contributed by atoms with Gasteiger partial charge in [-0.25, -0.2) is 4.79 Å². The number of hydrogen-bond donors (Lipinski definition) is 2. The molecule has 3 unspecified atom stereocenters. The van der Waals surface area contributed by atoms with Gasteiger partial charge in [0.1, 0.15) is 0 Å². The van der Waals surface area contributed by atoms with Crippen LogP contribution in [0.25, 0.3) is 0 Å². The molecular weight excluding hydrogens is 575 g/mol. The first kappa shape index (κ1) is 32.4. The Kier molecular flexibility index (Phi) is 10.9. The molecule has 0 radical (unpaired) electrons. The van der Waals surface area contributed by atoms with Crippen LogP contribution in [0, 0.1) is 5.92 Å². The molecule has 0 saturated carbocycles. The van der Waals surface area contributed by atoms with E-state index in [9.17, 15) is 32.7 Å². The van der Waals surface area contributed by atoms with Crippen molar-refractivity contribution in [2.75, 3.05) is 18.5 Å². The average Bonchev–Trinajstić information content (AvgIpc) is 3.46. The zero-order valence-corrected chi connectivity index (χ0v) is 24.2. The Morgan fingerprint density at radius 1 is 1.00 bits per heavy atom. The molecule has 1 heterocycles. The number of esters is 1. The minimum absolute atomic E-state index is 0.0698. The third-order valence-electron chi connectivity index (χ3n) is 7.40. The van der Waals surface area contributed by atoms with Gasteiger partial charge in [-0.15, -0.1) is 0 Å². The molecule has 3 aromatic rings. The van der Waals surface area contributed by atoms with Gasteiger partial charge in [0.2, 0.25) is 5.91 Å². The van der Waals surface area contributed by atoms with Gasteiger partial charge in [0.15, 0.2) is 6.04 Å². The van der Waals surface area contributed by atoms with Gasteiger partial charge in [-0.2, -0.15) is 13.2 Å².